The van der Waals surface area contributed by atoms with Crippen molar-refractivity contribution in [3.63, 3.8) is 0 Å². The number of hydrogen-bond donors (Lipinski definition) is 4. The van der Waals surface area contributed by atoms with Crippen LogP contribution in [0.25, 0.3) is 0 Å². The Morgan fingerprint density at radius 2 is 1.52 bits per heavy atom. The second-order valence-corrected chi connectivity index (χ2v) is 15.9. The molecule has 1 aromatic rings. The molecule has 0 saturated carbocycles. The summed E-state index contributed by atoms with van der Waals surface area (Å²) in [5, 5.41) is 8.10. The van der Waals surface area contributed by atoms with Gasteiger partial charge in [-0.2, -0.15) is 0 Å². The predicted octanol–water partition coefficient (Wildman–Crippen LogP) is 3.76. The summed E-state index contributed by atoms with van der Waals surface area (Å²) in [6.07, 6.45) is 2.89. The molecule has 5 N–H and O–H groups in total. The maximum atomic E-state index is 13.5. The van der Waals surface area contributed by atoms with Crippen molar-refractivity contribution < 1.29 is 43.1 Å². The summed E-state index contributed by atoms with van der Waals surface area (Å²) in [6, 6.07) is 5.56. The molecule has 3 atom stereocenters. The first-order valence-electron chi connectivity index (χ1n) is 19.0. The Morgan fingerprint density at radius 1 is 0.889 bits per heavy atom. The Morgan fingerprint density at radius 3 is 2.09 bits per heavy atom. The topological polar surface area (TPSA) is 211 Å². The van der Waals surface area contributed by atoms with Crippen molar-refractivity contribution in [2.45, 2.75) is 119 Å². The predicted molar refractivity (Wildman–Crippen MR) is 202 cm³/mol. The molecule has 54 heavy (non-hydrogen) atoms. The number of ether oxygens (including phenoxy) is 1. The molecule has 1 aromatic carbocycles. The van der Waals surface area contributed by atoms with E-state index in [0.717, 1.165) is 10.5 Å². The lowest BCUT2D eigenvalue weighted by Gasteiger charge is -2.24. The van der Waals surface area contributed by atoms with E-state index >= 15 is 0 Å². The summed E-state index contributed by atoms with van der Waals surface area (Å²) >= 11 is 0. The second kappa shape index (κ2) is 21.9. The van der Waals surface area contributed by atoms with Crippen molar-refractivity contribution >= 4 is 47.2 Å². The van der Waals surface area contributed by atoms with Gasteiger partial charge in [-0.25, -0.2) is 4.79 Å². The van der Waals surface area contributed by atoms with Gasteiger partial charge in [0.15, 0.2) is 5.78 Å². The Labute approximate surface area is 319 Å². The van der Waals surface area contributed by atoms with Gasteiger partial charge in [0, 0.05) is 50.6 Å². The maximum Gasteiger partial charge on any atom is 0.312 e. The highest BCUT2D eigenvalue weighted by Crippen LogP contribution is 2.26. The van der Waals surface area contributed by atoms with E-state index in [0.29, 0.717) is 37.8 Å². The number of nitrogens with zero attached hydrogens (tertiary/aromatic N) is 1. The van der Waals surface area contributed by atoms with Crippen LogP contribution in [-0.4, -0.2) is 77.8 Å². The van der Waals surface area contributed by atoms with Gasteiger partial charge in [0.05, 0.1) is 11.5 Å². The van der Waals surface area contributed by atoms with E-state index in [9.17, 15) is 38.4 Å². The number of esters is 1. The molecule has 1 saturated heterocycles. The summed E-state index contributed by atoms with van der Waals surface area (Å²) in [5.41, 5.74) is 6.04. The molecule has 1 aliphatic heterocycles. The number of amides is 6. The number of nitrogens with two attached hydrogens (primary N) is 1. The lowest BCUT2D eigenvalue weighted by molar-refractivity contribution is -0.154. The highest BCUT2D eigenvalue weighted by Gasteiger charge is 2.40. The first-order chi connectivity index (χ1) is 25.3. The summed E-state index contributed by atoms with van der Waals surface area (Å²) in [6.45, 7) is 13.1. The molecule has 1 aliphatic rings. The number of hydrogen-bond acceptors (Lipinski definition) is 9. The Balaban J connectivity index is 1.87. The smallest absolute Gasteiger partial charge is 0.312 e. The van der Waals surface area contributed by atoms with E-state index in [1.54, 1.807) is 45.0 Å². The van der Waals surface area contributed by atoms with Crippen LogP contribution in [0, 0.1) is 29.1 Å². The number of benzene rings is 1. The number of urea groups is 1. The molecule has 0 aromatic heterocycles. The van der Waals surface area contributed by atoms with E-state index in [4.69, 9.17) is 10.5 Å². The molecule has 1 heterocycles. The van der Waals surface area contributed by atoms with Gasteiger partial charge in [-0.15, -0.1) is 0 Å². The van der Waals surface area contributed by atoms with Crippen molar-refractivity contribution in [1.29, 1.82) is 0 Å². The number of imide groups is 1. The zero-order chi connectivity index (χ0) is 40.6. The first-order valence-corrected chi connectivity index (χ1v) is 19.0. The Kier molecular flexibility index (Phi) is 18.5. The van der Waals surface area contributed by atoms with Gasteiger partial charge >= 0.3 is 12.0 Å². The van der Waals surface area contributed by atoms with E-state index in [1.807, 2.05) is 27.7 Å². The number of ketones is 2. The average Bonchev–Trinajstić information content (AvgIpc) is 3.37. The Bertz CT molecular complexity index is 1480. The van der Waals surface area contributed by atoms with Crippen LogP contribution in [0.5, 0.6) is 0 Å². The lowest BCUT2D eigenvalue weighted by atomic mass is 9.88. The van der Waals surface area contributed by atoms with Crippen molar-refractivity contribution in [2.24, 2.45) is 34.8 Å². The average molecular weight is 756 g/mol. The summed E-state index contributed by atoms with van der Waals surface area (Å²) in [4.78, 5) is 101. The maximum absolute atomic E-state index is 13.5. The van der Waals surface area contributed by atoms with Crippen molar-refractivity contribution in [3.8, 4) is 0 Å². The van der Waals surface area contributed by atoms with Gasteiger partial charge < -0.3 is 26.4 Å². The fourth-order valence-electron chi connectivity index (χ4n) is 5.98. The van der Waals surface area contributed by atoms with Gasteiger partial charge in [-0.1, -0.05) is 58.4 Å². The molecule has 1 unspecified atom stereocenters. The number of rotatable bonds is 23. The molecule has 1 fully saturated rings. The van der Waals surface area contributed by atoms with E-state index < -0.39 is 35.2 Å². The van der Waals surface area contributed by atoms with Crippen LogP contribution < -0.4 is 21.7 Å². The number of carbonyl (C=O) groups is 8. The summed E-state index contributed by atoms with van der Waals surface area (Å²) in [5.74, 6) is -3.27. The fraction of sp³-hybridized carbons (Fsp3) is 0.650. The normalized spacial score (nSPS) is 15.6. The zero-order valence-corrected chi connectivity index (χ0v) is 33.1. The van der Waals surface area contributed by atoms with Crippen LogP contribution in [-0.2, 0) is 51.3 Å². The van der Waals surface area contributed by atoms with Gasteiger partial charge in [0.25, 0.3) is 0 Å². The molecular weight excluding hydrogens is 694 g/mol. The number of Topliss-reactive ketones (excluding diaryl/α,β-unsaturated/α-hetero) is 2. The molecule has 14 heteroatoms. The summed E-state index contributed by atoms with van der Waals surface area (Å²) in [7, 11) is 0. The highest BCUT2D eigenvalue weighted by atomic mass is 16.5. The van der Waals surface area contributed by atoms with Gasteiger partial charge in [-0.3, -0.25) is 38.5 Å². The van der Waals surface area contributed by atoms with Gasteiger partial charge in [-0.05, 0) is 69.4 Å². The fourth-order valence-corrected chi connectivity index (χ4v) is 5.98. The zero-order valence-electron chi connectivity index (χ0n) is 33.1. The standard InChI is InChI=1S/C40H61N5O9/c1-25(2)30(21-29(46)12-9-8-10-18-42-34(48)23-45-35(49)22-31(26(3)4)37(45)51)36(50)44-32(13-11-19-43-39(41)53)33(47)20-27-14-16-28(17-15-27)24-54-38(52)40(5,6)7/h14-17,25-26,30-32H,8-13,18-24H2,1-7H3,(H,42,48)(H,44,50)(H3,41,43,53)/t30-,31?,32-/m0/s1. The van der Waals surface area contributed by atoms with Crippen LogP contribution in [0.15, 0.2) is 24.3 Å². The molecule has 0 bridgehead atoms. The van der Waals surface area contributed by atoms with Gasteiger partial charge in [0.1, 0.15) is 18.9 Å². The number of primary amides is 1. The van der Waals surface area contributed by atoms with Crippen LogP contribution in [0.4, 0.5) is 4.79 Å². The minimum absolute atomic E-state index is 0.0148. The Hall–Kier alpha value is -4.62. The van der Waals surface area contributed by atoms with Crippen LogP contribution in [0.2, 0.25) is 0 Å². The minimum atomic E-state index is -0.857. The van der Waals surface area contributed by atoms with Crippen molar-refractivity contribution in [2.75, 3.05) is 19.6 Å². The van der Waals surface area contributed by atoms with E-state index in [2.05, 4.69) is 16.0 Å². The van der Waals surface area contributed by atoms with Crippen LogP contribution >= 0.6 is 0 Å². The first kappa shape index (κ1) is 45.5. The third-order valence-corrected chi connectivity index (χ3v) is 9.49. The SMILES string of the molecule is CC(C)C1CC(=O)N(CC(=O)NCCCCCC(=O)C[C@H](C(=O)N[C@@H](CCCNC(N)=O)C(=O)Cc2ccc(COC(=O)C(C)(C)C)cc2)C(C)C)C1=O. The molecule has 6 amide bonds. The number of nitrogens with one attached hydrogen (secondary N) is 3. The highest BCUT2D eigenvalue weighted by molar-refractivity contribution is 6.06. The lowest BCUT2D eigenvalue weighted by Crippen LogP contribution is -2.46. The molecule has 300 valence electrons. The van der Waals surface area contributed by atoms with Crippen LogP contribution in [0.3, 0.4) is 0 Å². The van der Waals surface area contributed by atoms with Crippen molar-refractivity contribution in [1.82, 2.24) is 20.9 Å². The molecular formula is C40H61N5O9. The van der Waals surface area contributed by atoms with Crippen LogP contribution in [0.1, 0.15) is 111 Å². The number of carbonyl (C=O) groups excluding carboxylic acids is 8. The van der Waals surface area contributed by atoms with Gasteiger partial charge in [0.2, 0.25) is 23.6 Å². The molecule has 0 aliphatic carbocycles. The number of unbranched alkanes of at least 4 members (excludes halogenated alkanes) is 2. The minimum Gasteiger partial charge on any atom is -0.460 e. The quantitative estimate of drug-likeness (QED) is 0.0727. The monoisotopic (exact) mass is 755 g/mol. The summed E-state index contributed by atoms with van der Waals surface area (Å²) < 4.78 is 5.36. The number of likely N-dealkylation sites (tertiary alicyclic amines) is 1. The van der Waals surface area contributed by atoms with Crippen molar-refractivity contribution in [3.05, 3.63) is 35.4 Å². The second-order valence-electron chi connectivity index (χ2n) is 15.9. The van der Waals surface area contributed by atoms with E-state index in [-0.39, 0.29) is 98.9 Å². The molecule has 0 spiro atoms. The third kappa shape index (κ3) is 15.8. The molecule has 14 nitrogen and oxygen atoms in total. The molecule has 2 rings (SSSR count). The molecule has 0 radical (unpaired) electrons. The third-order valence-electron chi connectivity index (χ3n) is 9.49. The largest absolute Gasteiger partial charge is 0.460 e. The van der Waals surface area contributed by atoms with E-state index in [1.165, 1.54) is 0 Å².